The van der Waals surface area contributed by atoms with E-state index in [2.05, 4.69) is 73.0 Å². The van der Waals surface area contributed by atoms with Crippen molar-refractivity contribution >= 4 is 0 Å². The first-order valence-electron chi connectivity index (χ1n) is 11.4. The summed E-state index contributed by atoms with van der Waals surface area (Å²) < 4.78 is 0. The molecule has 2 aromatic rings. The lowest BCUT2D eigenvalue weighted by Gasteiger charge is -2.20. The maximum absolute atomic E-state index is 9.17. The van der Waals surface area contributed by atoms with E-state index in [1.54, 1.807) is 0 Å². The lowest BCUT2D eigenvalue weighted by Crippen LogP contribution is -2.41. The van der Waals surface area contributed by atoms with E-state index in [0.717, 1.165) is 38.8 Å². The smallest absolute Gasteiger partial charge is 0.0607 e. The predicted molar refractivity (Wildman–Crippen MR) is 126 cm³/mol. The molecule has 0 saturated carbocycles. The molecule has 4 nitrogen and oxygen atoms in total. The van der Waals surface area contributed by atoms with Crippen LogP contribution >= 0.6 is 0 Å². The second-order valence-electron chi connectivity index (χ2n) is 8.42. The van der Waals surface area contributed by atoms with Gasteiger partial charge in [0, 0.05) is 19.1 Å². The summed E-state index contributed by atoms with van der Waals surface area (Å²) in [7, 11) is 0. The molecular weight excluding hydrogens is 372 g/mol. The van der Waals surface area contributed by atoms with Gasteiger partial charge in [-0.25, -0.2) is 0 Å². The molecule has 0 spiro atoms. The molecule has 0 bridgehead atoms. The van der Waals surface area contributed by atoms with Crippen molar-refractivity contribution in [2.75, 3.05) is 26.3 Å². The number of hydrogen-bond acceptors (Lipinski definition) is 4. The van der Waals surface area contributed by atoms with E-state index in [1.807, 2.05) is 0 Å². The minimum Gasteiger partial charge on any atom is -0.395 e. The van der Waals surface area contributed by atoms with Crippen molar-refractivity contribution in [3.63, 3.8) is 0 Å². The highest BCUT2D eigenvalue weighted by Crippen LogP contribution is 2.13. The van der Waals surface area contributed by atoms with Gasteiger partial charge in [-0.2, -0.15) is 0 Å². The van der Waals surface area contributed by atoms with Crippen LogP contribution in [-0.4, -0.2) is 48.6 Å². The normalized spacial score (nSPS) is 11.5. The highest BCUT2D eigenvalue weighted by Gasteiger charge is 2.10. The molecule has 0 fully saturated rings. The first-order valence-corrected chi connectivity index (χ1v) is 11.4. The van der Waals surface area contributed by atoms with Crippen molar-refractivity contribution in [2.24, 2.45) is 0 Å². The summed E-state index contributed by atoms with van der Waals surface area (Å²) >= 11 is 0. The van der Waals surface area contributed by atoms with Crippen LogP contribution in [0.15, 0.2) is 48.5 Å². The fourth-order valence-corrected chi connectivity index (χ4v) is 3.70. The van der Waals surface area contributed by atoms with Gasteiger partial charge in [0.1, 0.15) is 0 Å². The van der Waals surface area contributed by atoms with Crippen molar-refractivity contribution in [3.05, 3.63) is 70.8 Å². The average molecular weight is 413 g/mol. The lowest BCUT2D eigenvalue weighted by atomic mass is 9.98. The second-order valence-corrected chi connectivity index (χ2v) is 8.42. The molecule has 4 heteroatoms. The predicted octanol–water partition coefficient (Wildman–Crippen LogP) is 3.55. The fraction of sp³-hybridized carbons (Fsp3) is 0.538. The molecule has 0 atom stereocenters. The van der Waals surface area contributed by atoms with Gasteiger partial charge in [0.05, 0.1) is 19.3 Å². The molecule has 0 aliphatic carbocycles. The highest BCUT2D eigenvalue weighted by molar-refractivity contribution is 5.22. The van der Waals surface area contributed by atoms with E-state index in [1.165, 1.54) is 35.1 Å². The highest BCUT2D eigenvalue weighted by atomic mass is 16.3. The van der Waals surface area contributed by atoms with Gasteiger partial charge in [-0.1, -0.05) is 59.7 Å². The Bertz CT molecular complexity index is 630. The minimum atomic E-state index is -0.228. The zero-order valence-corrected chi connectivity index (χ0v) is 18.7. The first-order chi connectivity index (χ1) is 14.6. The molecule has 166 valence electrons. The van der Waals surface area contributed by atoms with Crippen LogP contribution in [0.2, 0.25) is 0 Å². The summed E-state index contributed by atoms with van der Waals surface area (Å²) in [6, 6.07) is 18.0. The number of aliphatic hydroxyl groups is 2. The zero-order valence-electron chi connectivity index (χ0n) is 18.7. The van der Waals surface area contributed by atoms with E-state index < -0.39 is 0 Å². The largest absolute Gasteiger partial charge is 0.395 e. The Balaban J connectivity index is 1.76. The van der Waals surface area contributed by atoms with Crippen molar-refractivity contribution in [1.82, 2.24) is 10.6 Å². The average Bonchev–Trinajstić information content (AvgIpc) is 2.76. The van der Waals surface area contributed by atoms with Crippen LogP contribution in [0.25, 0.3) is 0 Å². The topological polar surface area (TPSA) is 64.5 Å². The molecule has 2 aromatic carbocycles. The van der Waals surface area contributed by atoms with Crippen molar-refractivity contribution < 1.29 is 10.2 Å². The maximum atomic E-state index is 9.17. The van der Waals surface area contributed by atoms with Crippen LogP contribution in [0.5, 0.6) is 0 Å². The molecule has 0 unspecified atom stereocenters. The molecule has 30 heavy (non-hydrogen) atoms. The maximum Gasteiger partial charge on any atom is 0.0607 e. The Morgan fingerprint density at radius 1 is 0.633 bits per heavy atom. The third-order valence-corrected chi connectivity index (χ3v) is 5.71. The van der Waals surface area contributed by atoms with E-state index in [0.29, 0.717) is 6.04 Å². The van der Waals surface area contributed by atoms with E-state index in [-0.39, 0.29) is 19.3 Å². The molecule has 0 heterocycles. The molecule has 0 aliphatic rings. The van der Waals surface area contributed by atoms with Crippen LogP contribution in [0, 0.1) is 13.8 Å². The second kappa shape index (κ2) is 14.3. The van der Waals surface area contributed by atoms with Gasteiger partial charge in [0.15, 0.2) is 0 Å². The monoisotopic (exact) mass is 412 g/mol. The molecule has 0 aliphatic heterocycles. The summed E-state index contributed by atoms with van der Waals surface area (Å²) in [6.45, 7) is 5.78. The molecule has 2 rings (SSSR count). The first kappa shape index (κ1) is 24.5. The Kier molecular flexibility index (Phi) is 11.7. The number of nitrogens with one attached hydrogen (secondary N) is 2. The minimum absolute atomic E-state index is 0.0347. The standard InChI is InChI=1S/C26H40N2O2/c1-21-9-13-23(14-10-21)5-3-7-25(27-17-18-28-26(19-29)20-30)8-4-6-24-15-11-22(2)12-16-24/h9-16,25-30H,3-8,17-20H2,1-2H3. The van der Waals surface area contributed by atoms with Gasteiger partial charge < -0.3 is 20.8 Å². The summed E-state index contributed by atoms with van der Waals surface area (Å²) in [5.41, 5.74) is 5.45. The van der Waals surface area contributed by atoms with E-state index >= 15 is 0 Å². The number of hydrogen-bond donors (Lipinski definition) is 4. The fourth-order valence-electron chi connectivity index (χ4n) is 3.70. The third-order valence-electron chi connectivity index (χ3n) is 5.71. The molecule has 0 aromatic heterocycles. The number of benzene rings is 2. The van der Waals surface area contributed by atoms with Crippen LogP contribution in [0.3, 0.4) is 0 Å². The van der Waals surface area contributed by atoms with Crippen molar-refractivity contribution in [1.29, 1.82) is 0 Å². The Hall–Kier alpha value is -1.72. The van der Waals surface area contributed by atoms with Gasteiger partial charge >= 0.3 is 0 Å². The SMILES string of the molecule is Cc1ccc(CCCC(CCCc2ccc(C)cc2)NCCNC(CO)CO)cc1. The Morgan fingerprint density at radius 2 is 1.03 bits per heavy atom. The van der Waals surface area contributed by atoms with Gasteiger partial charge in [-0.3, -0.25) is 0 Å². The molecular formula is C26H40N2O2. The molecule has 0 amide bonds. The Labute approximate surface area is 182 Å². The quantitative estimate of drug-likeness (QED) is 0.338. The number of aliphatic hydroxyl groups excluding tert-OH is 2. The van der Waals surface area contributed by atoms with Crippen LogP contribution < -0.4 is 10.6 Å². The van der Waals surface area contributed by atoms with E-state index in [4.69, 9.17) is 0 Å². The van der Waals surface area contributed by atoms with E-state index in [9.17, 15) is 10.2 Å². The number of aryl methyl sites for hydroxylation is 4. The zero-order chi connectivity index (χ0) is 21.6. The van der Waals surface area contributed by atoms with Crippen LogP contribution in [-0.2, 0) is 12.8 Å². The molecule has 4 N–H and O–H groups in total. The number of rotatable bonds is 15. The van der Waals surface area contributed by atoms with Gasteiger partial charge in [-0.15, -0.1) is 0 Å². The molecule has 0 radical (unpaired) electrons. The van der Waals surface area contributed by atoms with Crippen molar-refractivity contribution in [3.8, 4) is 0 Å². The summed E-state index contributed by atoms with van der Waals surface area (Å²) in [4.78, 5) is 0. The van der Waals surface area contributed by atoms with Crippen molar-refractivity contribution in [2.45, 2.75) is 64.5 Å². The van der Waals surface area contributed by atoms with Gasteiger partial charge in [0.25, 0.3) is 0 Å². The van der Waals surface area contributed by atoms with Gasteiger partial charge in [-0.05, 0) is 63.5 Å². The summed E-state index contributed by atoms with van der Waals surface area (Å²) in [5.74, 6) is 0. The lowest BCUT2D eigenvalue weighted by molar-refractivity contribution is 0.171. The van der Waals surface area contributed by atoms with Crippen LogP contribution in [0.1, 0.15) is 47.9 Å². The van der Waals surface area contributed by atoms with Gasteiger partial charge in [0.2, 0.25) is 0 Å². The Morgan fingerprint density at radius 3 is 1.43 bits per heavy atom. The summed E-state index contributed by atoms with van der Waals surface area (Å²) in [5, 5.41) is 25.2. The third kappa shape index (κ3) is 9.86. The molecule has 0 saturated heterocycles. The van der Waals surface area contributed by atoms with Crippen LogP contribution in [0.4, 0.5) is 0 Å². The summed E-state index contributed by atoms with van der Waals surface area (Å²) in [6.07, 6.45) is 6.90.